The van der Waals surface area contributed by atoms with E-state index in [0.717, 1.165) is 36.5 Å². The average Bonchev–Trinajstić information content (AvgIpc) is 2.74. The molecule has 1 aliphatic rings. The fraction of sp³-hybridized carbons (Fsp3) is 0.385. The summed E-state index contributed by atoms with van der Waals surface area (Å²) in [5, 5.41) is 8.54. The molecule has 1 aromatic heterocycles. The number of hydrogen-bond acceptors (Lipinski definition) is 3. The van der Waals surface area contributed by atoms with Gasteiger partial charge in [0.25, 0.3) is 0 Å². The minimum atomic E-state index is 0.0178. The zero-order chi connectivity index (χ0) is 11.8. The van der Waals surface area contributed by atoms with Crippen LogP contribution in [0, 0.1) is 6.92 Å². The van der Waals surface area contributed by atoms with Crippen molar-refractivity contribution in [2.75, 3.05) is 0 Å². The highest BCUT2D eigenvalue weighted by molar-refractivity contribution is 5.56. The number of aromatic nitrogens is 3. The average molecular weight is 228 g/mol. The highest BCUT2D eigenvalue weighted by Gasteiger charge is 2.22. The van der Waals surface area contributed by atoms with Crippen molar-refractivity contribution in [2.24, 2.45) is 5.73 Å². The Bertz CT molecular complexity index is 544. The second-order valence-corrected chi connectivity index (χ2v) is 4.64. The second-order valence-electron chi connectivity index (χ2n) is 4.64. The van der Waals surface area contributed by atoms with Gasteiger partial charge in [-0.2, -0.15) is 0 Å². The highest BCUT2D eigenvalue weighted by Crippen LogP contribution is 2.27. The number of fused-ring (bicyclic) bond motifs is 1. The summed E-state index contributed by atoms with van der Waals surface area (Å²) in [7, 11) is 0. The Labute approximate surface area is 100 Å². The Kier molecular flexibility index (Phi) is 2.44. The standard InChI is InChI=1S/C13H16N4/c1-9-4-2-5-10(8-9)13-16-15-12-7-3-6-11(14)17(12)13/h2,4-5,8,11H,3,6-7,14H2,1H3. The van der Waals surface area contributed by atoms with Crippen LogP contribution in [-0.2, 0) is 6.42 Å². The van der Waals surface area contributed by atoms with Gasteiger partial charge in [0.2, 0.25) is 0 Å². The molecule has 4 heteroatoms. The number of aryl methyl sites for hydroxylation is 2. The predicted molar refractivity (Wildman–Crippen MR) is 66.4 cm³/mol. The van der Waals surface area contributed by atoms with E-state index in [2.05, 4.69) is 39.9 Å². The van der Waals surface area contributed by atoms with Gasteiger partial charge in [0.15, 0.2) is 5.82 Å². The van der Waals surface area contributed by atoms with E-state index in [1.807, 2.05) is 6.07 Å². The second kappa shape index (κ2) is 3.96. The number of hydrogen-bond donors (Lipinski definition) is 1. The van der Waals surface area contributed by atoms with Gasteiger partial charge in [-0.1, -0.05) is 23.8 Å². The number of nitrogens with zero attached hydrogens (tertiary/aromatic N) is 3. The molecular weight excluding hydrogens is 212 g/mol. The molecule has 2 aromatic rings. The van der Waals surface area contributed by atoms with Gasteiger partial charge in [-0.05, 0) is 25.8 Å². The van der Waals surface area contributed by atoms with Crippen LogP contribution in [0.1, 0.15) is 30.4 Å². The fourth-order valence-corrected chi connectivity index (χ4v) is 2.42. The molecule has 17 heavy (non-hydrogen) atoms. The van der Waals surface area contributed by atoms with Gasteiger partial charge in [0, 0.05) is 12.0 Å². The Morgan fingerprint density at radius 3 is 3.06 bits per heavy atom. The van der Waals surface area contributed by atoms with Crippen LogP contribution in [0.5, 0.6) is 0 Å². The van der Waals surface area contributed by atoms with Gasteiger partial charge in [0.1, 0.15) is 5.82 Å². The van der Waals surface area contributed by atoms with Crippen LogP contribution >= 0.6 is 0 Å². The minimum absolute atomic E-state index is 0.0178. The summed E-state index contributed by atoms with van der Waals surface area (Å²) in [6.07, 6.45) is 3.10. The maximum atomic E-state index is 6.15. The van der Waals surface area contributed by atoms with Crippen LogP contribution in [0.15, 0.2) is 24.3 Å². The van der Waals surface area contributed by atoms with Crippen molar-refractivity contribution in [3.8, 4) is 11.4 Å². The van der Waals surface area contributed by atoms with Crippen LogP contribution < -0.4 is 5.73 Å². The predicted octanol–water partition coefficient (Wildman–Crippen LogP) is 2.05. The van der Waals surface area contributed by atoms with Gasteiger partial charge in [-0.15, -0.1) is 10.2 Å². The molecule has 0 amide bonds. The molecule has 0 spiro atoms. The van der Waals surface area contributed by atoms with Crippen LogP contribution in [0.4, 0.5) is 0 Å². The van der Waals surface area contributed by atoms with Crippen LogP contribution in [-0.4, -0.2) is 14.8 Å². The van der Waals surface area contributed by atoms with Gasteiger partial charge in [-0.25, -0.2) is 0 Å². The number of benzene rings is 1. The summed E-state index contributed by atoms with van der Waals surface area (Å²) in [4.78, 5) is 0. The molecule has 0 radical (unpaired) electrons. The lowest BCUT2D eigenvalue weighted by Crippen LogP contribution is -2.25. The SMILES string of the molecule is Cc1cccc(-c2nnc3n2C(N)CCC3)c1. The third-order valence-electron chi connectivity index (χ3n) is 3.27. The van der Waals surface area contributed by atoms with Crippen molar-refractivity contribution >= 4 is 0 Å². The lowest BCUT2D eigenvalue weighted by atomic mass is 10.1. The molecule has 0 bridgehead atoms. The van der Waals surface area contributed by atoms with Crippen molar-refractivity contribution < 1.29 is 0 Å². The Hall–Kier alpha value is -1.68. The van der Waals surface area contributed by atoms with Gasteiger partial charge < -0.3 is 5.73 Å². The van der Waals surface area contributed by atoms with E-state index in [0.29, 0.717) is 0 Å². The minimum Gasteiger partial charge on any atom is -0.311 e. The van der Waals surface area contributed by atoms with E-state index >= 15 is 0 Å². The molecule has 1 aliphatic heterocycles. The molecule has 1 unspecified atom stereocenters. The molecule has 0 fully saturated rings. The molecule has 0 saturated carbocycles. The summed E-state index contributed by atoms with van der Waals surface area (Å²) in [6.45, 7) is 2.08. The first-order valence-corrected chi connectivity index (χ1v) is 6.02. The molecule has 0 aliphatic carbocycles. The smallest absolute Gasteiger partial charge is 0.165 e. The van der Waals surface area contributed by atoms with E-state index in [-0.39, 0.29) is 6.17 Å². The third-order valence-corrected chi connectivity index (χ3v) is 3.27. The van der Waals surface area contributed by atoms with Crippen LogP contribution in [0.25, 0.3) is 11.4 Å². The summed E-state index contributed by atoms with van der Waals surface area (Å²) in [5.74, 6) is 1.91. The van der Waals surface area contributed by atoms with Crippen molar-refractivity contribution in [2.45, 2.75) is 32.4 Å². The lowest BCUT2D eigenvalue weighted by molar-refractivity contribution is 0.412. The number of rotatable bonds is 1. The Morgan fingerprint density at radius 1 is 1.35 bits per heavy atom. The topological polar surface area (TPSA) is 56.7 Å². The van der Waals surface area contributed by atoms with E-state index < -0.39 is 0 Å². The van der Waals surface area contributed by atoms with Crippen LogP contribution in [0.2, 0.25) is 0 Å². The first-order valence-electron chi connectivity index (χ1n) is 6.02. The highest BCUT2D eigenvalue weighted by atomic mass is 15.3. The lowest BCUT2D eigenvalue weighted by Gasteiger charge is -2.22. The third kappa shape index (κ3) is 1.74. The van der Waals surface area contributed by atoms with E-state index in [9.17, 15) is 0 Å². The maximum Gasteiger partial charge on any atom is 0.165 e. The van der Waals surface area contributed by atoms with E-state index in [1.165, 1.54) is 5.56 Å². The summed E-state index contributed by atoms with van der Waals surface area (Å²) in [5.41, 5.74) is 8.47. The quantitative estimate of drug-likeness (QED) is 0.812. The Balaban J connectivity index is 2.13. The molecule has 0 saturated heterocycles. The van der Waals surface area contributed by atoms with Gasteiger partial charge in [-0.3, -0.25) is 4.57 Å². The maximum absolute atomic E-state index is 6.15. The van der Waals surface area contributed by atoms with Crippen molar-refractivity contribution in [1.29, 1.82) is 0 Å². The molecule has 2 heterocycles. The first kappa shape index (κ1) is 10.5. The zero-order valence-electron chi connectivity index (χ0n) is 9.93. The summed E-state index contributed by atoms with van der Waals surface area (Å²) in [6, 6.07) is 8.31. The molecule has 4 nitrogen and oxygen atoms in total. The van der Waals surface area contributed by atoms with Crippen molar-refractivity contribution in [1.82, 2.24) is 14.8 Å². The van der Waals surface area contributed by atoms with E-state index in [1.54, 1.807) is 0 Å². The molecule has 88 valence electrons. The van der Waals surface area contributed by atoms with Crippen molar-refractivity contribution in [3.05, 3.63) is 35.7 Å². The Morgan fingerprint density at radius 2 is 2.24 bits per heavy atom. The normalized spacial score (nSPS) is 19.1. The molecule has 1 atom stereocenters. The zero-order valence-corrected chi connectivity index (χ0v) is 9.93. The molecule has 2 N–H and O–H groups in total. The fourth-order valence-electron chi connectivity index (χ4n) is 2.42. The molecule has 3 rings (SSSR count). The van der Waals surface area contributed by atoms with Crippen molar-refractivity contribution in [3.63, 3.8) is 0 Å². The van der Waals surface area contributed by atoms with Crippen LogP contribution in [0.3, 0.4) is 0 Å². The largest absolute Gasteiger partial charge is 0.311 e. The number of nitrogens with two attached hydrogens (primary N) is 1. The van der Waals surface area contributed by atoms with Gasteiger partial charge in [0.05, 0.1) is 6.17 Å². The molecule has 1 aromatic carbocycles. The summed E-state index contributed by atoms with van der Waals surface area (Å²) >= 11 is 0. The monoisotopic (exact) mass is 228 g/mol. The van der Waals surface area contributed by atoms with Gasteiger partial charge >= 0.3 is 0 Å². The first-order chi connectivity index (χ1) is 8.25. The van der Waals surface area contributed by atoms with E-state index in [4.69, 9.17) is 5.73 Å². The molecular formula is C13H16N4. The summed E-state index contributed by atoms with van der Waals surface area (Å²) < 4.78 is 2.08.